The first-order chi connectivity index (χ1) is 18.3. The van der Waals surface area contributed by atoms with Crippen LogP contribution in [0.2, 0.25) is 0 Å². The first-order valence-electron chi connectivity index (χ1n) is 14.9. The molecule has 0 spiro atoms. The Balaban J connectivity index is 1.22. The lowest BCUT2D eigenvalue weighted by atomic mass is 9.68. The zero-order chi connectivity index (χ0) is 26.2. The molecule has 2 aromatic rings. The third kappa shape index (κ3) is 3.81. The van der Waals surface area contributed by atoms with Gasteiger partial charge < -0.3 is 20.3 Å². The number of fused-ring (bicyclic) bond motifs is 6. The van der Waals surface area contributed by atoms with E-state index < -0.39 is 11.5 Å². The fraction of sp³-hybridized carbons (Fsp3) is 0.700. The van der Waals surface area contributed by atoms with Crippen molar-refractivity contribution in [1.29, 1.82) is 0 Å². The van der Waals surface area contributed by atoms with Gasteiger partial charge in [0.2, 0.25) is 0 Å². The Morgan fingerprint density at radius 3 is 2.39 bits per heavy atom. The van der Waals surface area contributed by atoms with Gasteiger partial charge in [0.15, 0.2) is 5.82 Å². The molecule has 3 N–H and O–H groups in total. The normalized spacial score (nSPS) is 36.6. The molecule has 1 aromatic heterocycles. The number of benzene rings is 1. The van der Waals surface area contributed by atoms with Gasteiger partial charge in [-0.15, -0.1) is 0 Å². The summed E-state index contributed by atoms with van der Waals surface area (Å²) in [5, 5.41) is 9.50. The maximum atomic E-state index is 14.1. The van der Waals surface area contributed by atoms with Gasteiger partial charge in [0, 0.05) is 24.2 Å². The predicted molar refractivity (Wildman–Crippen MR) is 147 cm³/mol. The molecule has 1 aromatic carbocycles. The number of hydrogen-bond acceptors (Lipinski definition) is 6. The first kappa shape index (κ1) is 24.6. The third-order valence-corrected chi connectivity index (χ3v) is 10.9. The van der Waals surface area contributed by atoms with E-state index in [4.69, 9.17) is 10.7 Å². The molecule has 3 saturated heterocycles. The minimum absolute atomic E-state index is 0.101. The SMILES string of the molecule is CC1C2CC[C@H](C[C@@H]2n2c(=O)c(N3CC(N)(C(=O)O)C3)nc3ccccc32)N1C1C[C@H]2CCCC[C@@H](C1)C2. The average Bonchev–Trinajstić information content (AvgIpc) is 3.06. The lowest BCUT2D eigenvalue weighted by Gasteiger charge is -2.58. The van der Waals surface area contributed by atoms with Crippen LogP contribution in [0.15, 0.2) is 29.1 Å². The molecule has 8 rings (SSSR count). The van der Waals surface area contributed by atoms with Gasteiger partial charge in [0.1, 0.15) is 5.54 Å². The Labute approximate surface area is 224 Å². The second kappa shape index (κ2) is 9.05. The molecule has 8 heteroatoms. The summed E-state index contributed by atoms with van der Waals surface area (Å²) < 4.78 is 2.03. The number of nitrogens with zero attached hydrogens (tertiary/aromatic N) is 4. The summed E-state index contributed by atoms with van der Waals surface area (Å²) in [6.45, 7) is 2.63. The quantitative estimate of drug-likeness (QED) is 0.634. The Bertz CT molecular complexity index is 1290. The highest BCUT2D eigenvalue weighted by molar-refractivity contribution is 5.84. The summed E-state index contributed by atoms with van der Waals surface area (Å²) in [4.78, 5) is 35.1. The van der Waals surface area contributed by atoms with Crippen LogP contribution < -0.4 is 16.2 Å². The van der Waals surface area contributed by atoms with Crippen molar-refractivity contribution in [3.63, 3.8) is 0 Å². The van der Waals surface area contributed by atoms with Crippen molar-refractivity contribution < 1.29 is 9.90 Å². The van der Waals surface area contributed by atoms with Crippen LogP contribution in [0.25, 0.3) is 11.0 Å². The number of nitrogens with two attached hydrogens (primary N) is 1. The molecular weight excluding hydrogens is 478 g/mol. The first-order valence-corrected chi connectivity index (χ1v) is 14.9. The van der Waals surface area contributed by atoms with Crippen LogP contribution in [0, 0.1) is 17.8 Å². The molecule has 204 valence electrons. The van der Waals surface area contributed by atoms with E-state index >= 15 is 0 Å². The van der Waals surface area contributed by atoms with E-state index in [2.05, 4.69) is 11.8 Å². The molecule has 4 heterocycles. The molecule has 3 unspecified atom stereocenters. The van der Waals surface area contributed by atoms with Gasteiger partial charge in [-0.05, 0) is 75.3 Å². The Morgan fingerprint density at radius 1 is 1.00 bits per heavy atom. The number of carboxylic acids is 1. The number of carboxylic acid groups (broad SMARTS) is 1. The van der Waals surface area contributed by atoms with Crippen LogP contribution in [0.4, 0.5) is 5.82 Å². The topological polar surface area (TPSA) is 105 Å². The highest BCUT2D eigenvalue weighted by Gasteiger charge is 2.51. The van der Waals surface area contributed by atoms with Crippen molar-refractivity contribution in [1.82, 2.24) is 14.5 Å². The minimum Gasteiger partial charge on any atom is -0.480 e. The maximum Gasteiger partial charge on any atom is 0.327 e. The van der Waals surface area contributed by atoms with Crippen molar-refractivity contribution >= 4 is 22.8 Å². The number of para-hydroxylation sites is 2. The number of anilines is 1. The molecule has 4 bridgehead atoms. The van der Waals surface area contributed by atoms with Gasteiger partial charge >= 0.3 is 5.97 Å². The van der Waals surface area contributed by atoms with Crippen LogP contribution in [-0.4, -0.2) is 62.3 Å². The largest absolute Gasteiger partial charge is 0.480 e. The highest BCUT2D eigenvalue weighted by atomic mass is 16.4. The molecule has 6 fully saturated rings. The van der Waals surface area contributed by atoms with E-state index in [0.29, 0.717) is 29.9 Å². The van der Waals surface area contributed by atoms with Crippen LogP contribution in [0.5, 0.6) is 0 Å². The summed E-state index contributed by atoms with van der Waals surface area (Å²) in [5.41, 5.74) is 6.29. The van der Waals surface area contributed by atoms with Crippen molar-refractivity contribution in [3.8, 4) is 0 Å². The molecule has 8 nitrogen and oxygen atoms in total. The van der Waals surface area contributed by atoms with E-state index in [9.17, 15) is 14.7 Å². The van der Waals surface area contributed by atoms with Gasteiger partial charge in [-0.2, -0.15) is 0 Å². The van der Waals surface area contributed by atoms with E-state index in [1.807, 2.05) is 28.8 Å². The van der Waals surface area contributed by atoms with Crippen LogP contribution in [0.3, 0.4) is 0 Å². The summed E-state index contributed by atoms with van der Waals surface area (Å²) in [5.74, 6) is 1.53. The lowest BCUT2D eigenvalue weighted by Crippen LogP contribution is -2.72. The lowest BCUT2D eigenvalue weighted by molar-refractivity contribution is -0.144. The number of piperidine rings is 2. The molecule has 0 radical (unpaired) electrons. The monoisotopic (exact) mass is 519 g/mol. The summed E-state index contributed by atoms with van der Waals surface area (Å²) in [6, 6.07) is 9.71. The molecule has 3 aliphatic carbocycles. The number of aliphatic carboxylic acids is 1. The summed E-state index contributed by atoms with van der Waals surface area (Å²) in [7, 11) is 0. The fourth-order valence-corrected chi connectivity index (χ4v) is 9.17. The van der Waals surface area contributed by atoms with Gasteiger partial charge in [-0.25, -0.2) is 4.98 Å². The van der Waals surface area contributed by atoms with E-state index in [1.165, 1.54) is 51.4 Å². The molecule has 3 aliphatic heterocycles. The van der Waals surface area contributed by atoms with Crippen LogP contribution in [0.1, 0.15) is 77.2 Å². The van der Waals surface area contributed by atoms with E-state index in [1.54, 1.807) is 4.90 Å². The second-order valence-electron chi connectivity index (χ2n) is 13.2. The highest BCUT2D eigenvalue weighted by Crippen LogP contribution is 2.50. The minimum atomic E-state index is -1.32. The van der Waals surface area contributed by atoms with Crippen LogP contribution in [-0.2, 0) is 4.79 Å². The number of aromatic nitrogens is 2. The number of carbonyl (C=O) groups is 1. The summed E-state index contributed by atoms with van der Waals surface area (Å²) in [6.07, 6.45) is 13.2. The van der Waals surface area contributed by atoms with Crippen molar-refractivity contribution in [2.75, 3.05) is 18.0 Å². The molecule has 3 saturated carbocycles. The predicted octanol–water partition coefficient (Wildman–Crippen LogP) is 3.77. The zero-order valence-electron chi connectivity index (χ0n) is 22.5. The Hall–Kier alpha value is -2.45. The number of hydrogen-bond donors (Lipinski definition) is 2. The standard InChI is InChI=1S/C30H41N5O3/c1-18-23-11-10-21(34(18)22-13-19-6-2-3-7-20(12-19)14-22)15-26(23)35-25-9-5-4-8-24(25)32-27(28(35)36)33-16-30(31,17-33)29(37)38/h4-5,8-9,18-23,26H,2-3,6-7,10-17,31H2,1H3,(H,37,38)/t18?,19-,20+,21-,22?,23?,26+/m1/s1. The smallest absolute Gasteiger partial charge is 0.327 e. The molecule has 0 amide bonds. The fourth-order valence-electron chi connectivity index (χ4n) is 9.17. The van der Waals surface area contributed by atoms with Crippen LogP contribution >= 0.6 is 0 Å². The van der Waals surface area contributed by atoms with E-state index in [-0.39, 0.29) is 24.7 Å². The molecule has 7 atom stereocenters. The van der Waals surface area contributed by atoms with Gasteiger partial charge in [0.25, 0.3) is 5.56 Å². The zero-order valence-corrected chi connectivity index (χ0v) is 22.5. The van der Waals surface area contributed by atoms with Crippen molar-refractivity contribution in [2.45, 2.75) is 101 Å². The van der Waals surface area contributed by atoms with Gasteiger partial charge in [-0.1, -0.05) is 37.8 Å². The molecule has 38 heavy (non-hydrogen) atoms. The second-order valence-corrected chi connectivity index (χ2v) is 13.2. The van der Waals surface area contributed by atoms with Gasteiger partial charge in [-0.3, -0.25) is 14.5 Å². The Kier molecular flexibility index (Phi) is 5.85. The van der Waals surface area contributed by atoms with Gasteiger partial charge in [0.05, 0.1) is 24.1 Å². The van der Waals surface area contributed by atoms with Crippen molar-refractivity contribution in [2.24, 2.45) is 23.5 Å². The van der Waals surface area contributed by atoms with E-state index in [0.717, 1.165) is 35.7 Å². The van der Waals surface area contributed by atoms with Crippen molar-refractivity contribution in [3.05, 3.63) is 34.6 Å². The molecule has 6 aliphatic rings. The Morgan fingerprint density at radius 2 is 1.71 bits per heavy atom. The average molecular weight is 520 g/mol. The summed E-state index contributed by atoms with van der Waals surface area (Å²) >= 11 is 0. The number of rotatable bonds is 4. The third-order valence-electron chi connectivity index (χ3n) is 10.9. The maximum absolute atomic E-state index is 14.1. The molecular formula is C30H41N5O3.